The molecule has 1 atom stereocenters. The van der Waals surface area contributed by atoms with Crippen LogP contribution in [0, 0.1) is 20.8 Å². The Labute approximate surface area is 116 Å². The molecule has 2 aromatic heterocycles. The Hall–Kier alpha value is -1.62. The third-order valence-electron chi connectivity index (χ3n) is 3.03. The van der Waals surface area contributed by atoms with E-state index in [1.54, 1.807) is 24.5 Å². The average Bonchev–Trinajstić information content (AvgIpc) is 2.93. The molecule has 0 saturated carbocycles. The highest BCUT2D eigenvalue weighted by molar-refractivity contribution is 7.09. The van der Waals surface area contributed by atoms with Crippen molar-refractivity contribution in [2.24, 2.45) is 0 Å². The lowest BCUT2D eigenvalue weighted by molar-refractivity contribution is 0.0933. The van der Waals surface area contributed by atoms with Crippen LogP contribution >= 0.6 is 11.3 Å². The van der Waals surface area contributed by atoms with E-state index in [-0.39, 0.29) is 11.9 Å². The van der Waals surface area contributed by atoms with Crippen LogP contribution in [0.4, 0.5) is 0 Å². The van der Waals surface area contributed by atoms with Gasteiger partial charge in [0.15, 0.2) is 0 Å². The minimum atomic E-state index is -0.0940. The van der Waals surface area contributed by atoms with Crippen LogP contribution in [0.25, 0.3) is 0 Å². The molecule has 2 heterocycles. The van der Waals surface area contributed by atoms with Gasteiger partial charge in [-0.3, -0.25) is 4.79 Å². The summed E-state index contributed by atoms with van der Waals surface area (Å²) in [4.78, 5) is 16.7. The second-order valence-electron chi connectivity index (χ2n) is 4.61. The summed E-state index contributed by atoms with van der Waals surface area (Å²) in [5, 5.41) is 5.98. The number of furan rings is 1. The van der Waals surface area contributed by atoms with Gasteiger partial charge in [0.05, 0.1) is 17.9 Å². The first-order valence-electron chi connectivity index (χ1n) is 6.30. The van der Waals surface area contributed by atoms with Crippen molar-refractivity contribution in [2.45, 2.75) is 40.2 Å². The van der Waals surface area contributed by atoms with Crippen molar-refractivity contribution in [1.82, 2.24) is 10.3 Å². The smallest absolute Gasteiger partial charge is 0.255 e. The first-order chi connectivity index (χ1) is 9.02. The van der Waals surface area contributed by atoms with Gasteiger partial charge in [0.25, 0.3) is 5.91 Å². The van der Waals surface area contributed by atoms with Crippen LogP contribution in [0.3, 0.4) is 0 Å². The Morgan fingerprint density at radius 1 is 1.47 bits per heavy atom. The highest BCUT2D eigenvalue weighted by Gasteiger charge is 2.21. The molecular weight excluding hydrogens is 260 g/mol. The van der Waals surface area contributed by atoms with Crippen molar-refractivity contribution in [1.29, 1.82) is 0 Å². The van der Waals surface area contributed by atoms with Crippen LogP contribution in [0.15, 0.2) is 16.1 Å². The highest BCUT2D eigenvalue weighted by Crippen LogP contribution is 2.22. The quantitative estimate of drug-likeness (QED) is 0.930. The maximum atomic E-state index is 12.3. The van der Waals surface area contributed by atoms with Crippen LogP contribution < -0.4 is 5.32 Å². The van der Waals surface area contributed by atoms with E-state index in [0.29, 0.717) is 11.3 Å². The number of carbonyl (C=O) groups excluding carboxylic acids is 1. The number of hydrogen-bond acceptors (Lipinski definition) is 4. The lowest BCUT2D eigenvalue weighted by atomic mass is 10.1. The molecule has 0 spiro atoms. The van der Waals surface area contributed by atoms with Gasteiger partial charge in [-0.1, -0.05) is 6.92 Å². The second-order valence-corrected chi connectivity index (χ2v) is 5.50. The number of thiazole rings is 1. The largest absolute Gasteiger partial charge is 0.469 e. The normalized spacial score (nSPS) is 12.4. The molecule has 2 rings (SSSR count). The fraction of sp³-hybridized carbons (Fsp3) is 0.429. The SMILES string of the molecule is CCC(NC(=O)c1c(C)coc1C)c1nc(C)cs1. The lowest BCUT2D eigenvalue weighted by Gasteiger charge is -2.14. The van der Waals surface area contributed by atoms with Crippen LogP contribution in [0.2, 0.25) is 0 Å². The summed E-state index contributed by atoms with van der Waals surface area (Å²) in [5.41, 5.74) is 2.48. The number of nitrogens with zero attached hydrogens (tertiary/aromatic N) is 1. The molecule has 19 heavy (non-hydrogen) atoms. The maximum absolute atomic E-state index is 12.3. The van der Waals surface area contributed by atoms with Crippen molar-refractivity contribution in [3.8, 4) is 0 Å². The molecule has 0 aromatic carbocycles. The van der Waals surface area contributed by atoms with E-state index < -0.39 is 0 Å². The Balaban J connectivity index is 2.17. The van der Waals surface area contributed by atoms with Gasteiger partial charge in [0, 0.05) is 16.6 Å². The van der Waals surface area contributed by atoms with Gasteiger partial charge < -0.3 is 9.73 Å². The third kappa shape index (κ3) is 2.87. The predicted molar refractivity (Wildman–Crippen MR) is 75.5 cm³/mol. The van der Waals surface area contributed by atoms with Crippen molar-refractivity contribution < 1.29 is 9.21 Å². The maximum Gasteiger partial charge on any atom is 0.255 e. The van der Waals surface area contributed by atoms with Crippen molar-refractivity contribution in [3.63, 3.8) is 0 Å². The number of rotatable bonds is 4. The topological polar surface area (TPSA) is 55.1 Å². The minimum Gasteiger partial charge on any atom is -0.469 e. The van der Waals surface area contributed by atoms with Crippen LogP contribution in [-0.2, 0) is 0 Å². The van der Waals surface area contributed by atoms with E-state index in [0.717, 1.165) is 22.7 Å². The molecule has 2 aromatic rings. The zero-order valence-corrected chi connectivity index (χ0v) is 12.4. The number of amides is 1. The summed E-state index contributed by atoms with van der Waals surface area (Å²) in [5.74, 6) is 0.559. The van der Waals surface area contributed by atoms with Gasteiger partial charge in [-0.05, 0) is 27.2 Å². The molecule has 4 nitrogen and oxygen atoms in total. The minimum absolute atomic E-state index is 0.0418. The summed E-state index contributed by atoms with van der Waals surface area (Å²) < 4.78 is 5.27. The summed E-state index contributed by atoms with van der Waals surface area (Å²) in [6.07, 6.45) is 2.42. The number of aromatic nitrogens is 1. The molecule has 0 aliphatic rings. The number of hydrogen-bond donors (Lipinski definition) is 1. The highest BCUT2D eigenvalue weighted by atomic mass is 32.1. The number of aryl methyl sites for hydroxylation is 3. The zero-order chi connectivity index (χ0) is 14.0. The van der Waals surface area contributed by atoms with E-state index in [4.69, 9.17) is 4.42 Å². The van der Waals surface area contributed by atoms with Gasteiger partial charge in [0.2, 0.25) is 0 Å². The predicted octanol–water partition coefficient (Wildman–Crippen LogP) is 3.54. The van der Waals surface area contributed by atoms with Gasteiger partial charge in [-0.25, -0.2) is 4.98 Å². The number of carbonyl (C=O) groups is 1. The van der Waals surface area contributed by atoms with Gasteiger partial charge >= 0.3 is 0 Å². The average molecular weight is 278 g/mol. The van der Waals surface area contributed by atoms with Crippen molar-refractivity contribution >= 4 is 17.2 Å². The molecule has 0 bridgehead atoms. The van der Waals surface area contributed by atoms with E-state index >= 15 is 0 Å². The molecule has 5 heteroatoms. The van der Waals surface area contributed by atoms with E-state index in [1.165, 1.54) is 0 Å². The molecule has 0 radical (unpaired) electrons. The number of nitrogens with one attached hydrogen (secondary N) is 1. The summed E-state index contributed by atoms with van der Waals surface area (Å²) in [6.45, 7) is 7.67. The van der Waals surface area contributed by atoms with Crippen LogP contribution in [-0.4, -0.2) is 10.9 Å². The van der Waals surface area contributed by atoms with E-state index in [9.17, 15) is 4.79 Å². The Morgan fingerprint density at radius 2 is 2.21 bits per heavy atom. The fourth-order valence-corrected chi connectivity index (χ4v) is 2.94. The molecule has 0 aliphatic carbocycles. The molecule has 102 valence electrons. The summed E-state index contributed by atoms with van der Waals surface area (Å²) in [7, 11) is 0. The van der Waals surface area contributed by atoms with Crippen molar-refractivity contribution in [3.05, 3.63) is 39.2 Å². The fourth-order valence-electron chi connectivity index (χ4n) is 2.01. The molecule has 0 aliphatic heterocycles. The van der Waals surface area contributed by atoms with E-state index in [1.807, 2.05) is 26.2 Å². The Bertz CT molecular complexity index is 567. The van der Waals surface area contributed by atoms with Crippen LogP contribution in [0.1, 0.15) is 51.8 Å². The summed E-state index contributed by atoms with van der Waals surface area (Å²) in [6, 6.07) is -0.0418. The molecule has 1 amide bonds. The lowest BCUT2D eigenvalue weighted by Crippen LogP contribution is -2.28. The Kier molecular flexibility index (Phi) is 4.04. The van der Waals surface area contributed by atoms with E-state index in [2.05, 4.69) is 10.3 Å². The molecule has 0 fully saturated rings. The third-order valence-corrected chi connectivity index (χ3v) is 4.11. The Morgan fingerprint density at radius 3 is 2.68 bits per heavy atom. The zero-order valence-electron chi connectivity index (χ0n) is 11.6. The van der Waals surface area contributed by atoms with Gasteiger partial charge in [0.1, 0.15) is 10.8 Å². The molecule has 1 unspecified atom stereocenters. The first kappa shape index (κ1) is 13.8. The standard InChI is InChI=1S/C14H18N2O2S/c1-5-11(14-15-9(3)7-19-14)16-13(17)12-8(2)6-18-10(12)4/h6-7,11H,5H2,1-4H3,(H,16,17). The molecule has 1 N–H and O–H groups in total. The monoisotopic (exact) mass is 278 g/mol. The van der Waals surface area contributed by atoms with Gasteiger partial charge in [-0.15, -0.1) is 11.3 Å². The second kappa shape index (κ2) is 5.57. The van der Waals surface area contributed by atoms with Crippen molar-refractivity contribution in [2.75, 3.05) is 0 Å². The molecular formula is C14H18N2O2S. The summed E-state index contributed by atoms with van der Waals surface area (Å²) >= 11 is 1.58. The first-order valence-corrected chi connectivity index (χ1v) is 7.18. The molecule has 0 saturated heterocycles. The van der Waals surface area contributed by atoms with Crippen LogP contribution in [0.5, 0.6) is 0 Å². The van der Waals surface area contributed by atoms with Gasteiger partial charge in [-0.2, -0.15) is 0 Å².